The van der Waals surface area contributed by atoms with Crippen LogP contribution in [0.1, 0.15) is 20.7 Å². The Kier molecular flexibility index (Phi) is 5.19. The van der Waals surface area contributed by atoms with E-state index in [-0.39, 0.29) is 5.56 Å². The molecule has 0 unspecified atom stereocenters. The summed E-state index contributed by atoms with van der Waals surface area (Å²) in [6.07, 6.45) is 2.98. The Hall–Kier alpha value is -3.32. The molecule has 0 saturated carbocycles. The Balaban J connectivity index is 1.67. The lowest BCUT2D eigenvalue weighted by atomic mass is 10.2. The summed E-state index contributed by atoms with van der Waals surface area (Å²) < 4.78 is 6.69. The van der Waals surface area contributed by atoms with Crippen molar-refractivity contribution >= 4 is 23.4 Å². The van der Waals surface area contributed by atoms with E-state index in [0.717, 1.165) is 5.69 Å². The second kappa shape index (κ2) is 7.71. The van der Waals surface area contributed by atoms with E-state index in [0.29, 0.717) is 16.3 Å². The standard InChI is InChI=1S/C18H15ClN4O3/c1-26-16-8-7-13(19)9-15(16)18(25)22-21-17(24)12-10-20-23(11-12)14-5-3-2-4-6-14/h2-11H,1H3,(H,21,24)(H,22,25). The van der Waals surface area contributed by atoms with Crippen LogP contribution in [-0.4, -0.2) is 28.7 Å². The Bertz CT molecular complexity index is 941. The Morgan fingerprint density at radius 1 is 1.08 bits per heavy atom. The van der Waals surface area contributed by atoms with E-state index in [9.17, 15) is 9.59 Å². The summed E-state index contributed by atoms with van der Waals surface area (Å²) in [5, 5.41) is 4.52. The number of hydrogen-bond acceptors (Lipinski definition) is 4. The number of nitrogens with one attached hydrogen (secondary N) is 2. The highest BCUT2D eigenvalue weighted by Crippen LogP contribution is 2.22. The predicted octanol–water partition coefficient (Wildman–Crippen LogP) is 2.61. The van der Waals surface area contributed by atoms with Crippen molar-refractivity contribution in [1.29, 1.82) is 0 Å². The van der Waals surface area contributed by atoms with E-state index in [1.807, 2.05) is 30.3 Å². The average Bonchev–Trinajstić information content (AvgIpc) is 3.17. The lowest BCUT2D eigenvalue weighted by Gasteiger charge is -2.10. The number of aromatic nitrogens is 2. The Morgan fingerprint density at radius 2 is 1.81 bits per heavy atom. The van der Waals surface area contributed by atoms with Crippen LogP contribution in [0.25, 0.3) is 5.69 Å². The van der Waals surface area contributed by atoms with Gasteiger partial charge in [-0.2, -0.15) is 5.10 Å². The van der Waals surface area contributed by atoms with Crippen LogP contribution < -0.4 is 15.6 Å². The number of nitrogens with zero attached hydrogens (tertiary/aromatic N) is 2. The summed E-state index contributed by atoms with van der Waals surface area (Å²) in [6.45, 7) is 0. The highest BCUT2D eigenvalue weighted by Gasteiger charge is 2.15. The first-order chi connectivity index (χ1) is 12.6. The zero-order valence-electron chi connectivity index (χ0n) is 13.8. The number of amides is 2. The number of carbonyl (C=O) groups excluding carboxylic acids is 2. The molecule has 0 saturated heterocycles. The minimum atomic E-state index is -0.548. The molecule has 0 radical (unpaired) electrons. The van der Waals surface area contributed by atoms with Crippen molar-refractivity contribution < 1.29 is 14.3 Å². The summed E-state index contributed by atoms with van der Waals surface area (Å²) in [4.78, 5) is 24.5. The molecular formula is C18H15ClN4O3. The average molecular weight is 371 g/mol. The largest absolute Gasteiger partial charge is 0.496 e. The molecule has 0 atom stereocenters. The van der Waals surface area contributed by atoms with Crippen molar-refractivity contribution in [2.75, 3.05) is 7.11 Å². The molecule has 2 amide bonds. The quantitative estimate of drug-likeness (QED) is 0.691. The third-order valence-electron chi connectivity index (χ3n) is 3.56. The van der Waals surface area contributed by atoms with Crippen LogP contribution in [0.3, 0.4) is 0 Å². The first-order valence-electron chi connectivity index (χ1n) is 7.63. The van der Waals surface area contributed by atoms with Crippen molar-refractivity contribution in [2.24, 2.45) is 0 Å². The minimum absolute atomic E-state index is 0.209. The molecule has 26 heavy (non-hydrogen) atoms. The van der Waals surface area contributed by atoms with Crippen molar-refractivity contribution in [3.63, 3.8) is 0 Å². The molecule has 0 bridgehead atoms. The molecule has 1 aromatic heterocycles. The lowest BCUT2D eigenvalue weighted by Crippen LogP contribution is -2.41. The summed E-state index contributed by atoms with van der Waals surface area (Å²) >= 11 is 5.90. The van der Waals surface area contributed by atoms with Crippen molar-refractivity contribution in [3.05, 3.63) is 77.1 Å². The molecule has 0 aliphatic heterocycles. The topological polar surface area (TPSA) is 85.2 Å². The molecule has 0 aliphatic carbocycles. The maximum atomic E-state index is 12.3. The van der Waals surface area contributed by atoms with E-state index in [1.54, 1.807) is 23.0 Å². The molecule has 132 valence electrons. The van der Waals surface area contributed by atoms with Crippen molar-refractivity contribution in [1.82, 2.24) is 20.6 Å². The van der Waals surface area contributed by atoms with E-state index in [2.05, 4.69) is 16.0 Å². The lowest BCUT2D eigenvalue weighted by molar-refractivity contribution is 0.0845. The van der Waals surface area contributed by atoms with Gasteiger partial charge in [0.1, 0.15) is 5.75 Å². The summed E-state index contributed by atoms with van der Waals surface area (Å²) in [5.74, 6) is -0.701. The number of benzene rings is 2. The number of halogens is 1. The van der Waals surface area contributed by atoms with E-state index in [1.165, 1.54) is 19.4 Å². The molecule has 0 aliphatic rings. The van der Waals surface area contributed by atoms with Gasteiger partial charge in [-0.1, -0.05) is 29.8 Å². The maximum absolute atomic E-state index is 12.3. The molecule has 7 nitrogen and oxygen atoms in total. The molecule has 0 fully saturated rings. The summed E-state index contributed by atoms with van der Waals surface area (Å²) in [7, 11) is 1.44. The van der Waals surface area contributed by atoms with Crippen LogP contribution in [0.4, 0.5) is 0 Å². The predicted molar refractivity (Wildman–Crippen MR) is 96.5 cm³/mol. The van der Waals surface area contributed by atoms with Gasteiger partial charge in [0, 0.05) is 11.2 Å². The monoisotopic (exact) mass is 370 g/mol. The highest BCUT2D eigenvalue weighted by atomic mass is 35.5. The molecule has 1 heterocycles. The summed E-state index contributed by atoms with van der Waals surface area (Å²) in [5.41, 5.74) is 6.00. The van der Waals surface area contributed by atoms with Crippen molar-refractivity contribution in [3.8, 4) is 11.4 Å². The third kappa shape index (κ3) is 3.84. The van der Waals surface area contributed by atoms with E-state index in [4.69, 9.17) is 16.3 Å². The van der Waals surface area contributed by atoms with Gasteiger partial charge in [0.25, 0.3) is 11.8 Å². The highest BCUT2D eigenvalue weighted by molar-refractivity contribution is 6.31. The summed E-state index contributed by atoms with van der Waals surface area (Å²) in [6, 6.07) is 14.0. The molecule has 2 aromatic carbocycles. The minimum Gasteiger partial charge on any atom is -0.496 e. The van der Waals surface area contributed by atoms with Crippen LogP contribution in [0.2, 0.25) is 5.02 Å². The van der Waals surface area contributed by atoms with Gasteiger partial charge in [-0.3, -0.25) is 20.4 Å². The van der Waals surface area contributed by atoms with Gasteiger partial charge >= 0.3 is 0 Å². The Morgan fingerprint density at radius 3 is 2.54 bits per heavy atom. The second-order valence-electron chi connectivity index (χ2n) is 5.26. The number of para-hydroxylation sites is 1. The molecule has 2 N–H and O–H groups in total. The first-order valence-corrected chi connectivity index (χ1v) is 8.00. The van der Waals surface area contributed by atoms with Gasteiger partial charge < -0.3 is 4.74 Å². The fourth-order valence-electron chi connectivity index (χ4n) is 2.27. The van der Waals surface area contributed by atoms with Gasteiger partial charge in [-0.05, 0) is 30.3 Å². The van der Waals surface area contributed by atoms with Gasteiger partial charge in [0.05, 0.1) is 30.1 Å². The zero-order chi connectivity index (χ0) is 18.5. The molecule has 8 heteroatoms. The fourth-order valence-corrected chi connectivity index (χ4v) is 2.44. The first kappa shape index (κ1) is 17.5. The number of rotatable bonds is 4. The van der Waals surface area contributed by atoms with Crippen LogP contribution in [0, 0.1) is 0 Å². The van der Waals surface area contributed by atoms with E-state index >= 15 is 0 Å². The Labute approximate surface area is 154 Å². The SMILES string of the molecule is COc1ccc(Cl)cc1C(=O)NNC(=O)c1cnn(-c2ccccc2)c1. The van der Waals surface area contributed by atoms with Crippen LogP contribution in [-0.2, 0) is 0 Å². The normalized spacial score (nSPS) is 10.2. The maximum Gasteiger partial charge on any atom is 0.273 e. The molecule has 3 rings (SSSR count). The van der Waals surface area contributed by atoms with Crippen LogP contribution >= 0.6 is 11.6 Å². The number of ether oxygens (including phenoxy) is 1. The van der Waals surface area contributed by atoms with Gasteiger partial charge in [0.2, 0.25) is 0 Å². The van der Waals surface area contributed by atoms with Crippen LogP contribution in [0.15, 0.2) is 60.9 Å². The second-order valence-corrected chi connectivity index (χ2v) is 5.70. The van der Waals surface area contributed by atoms with Crippen LogP contribution in [0.5, 0.6) is 5.75 Å². The molecular weight excluding hydrogens is 356 g/mol. The molecule has 3 aromatic rings. The number of hydrazine groups is 1. The third-order valence-corrected chi connectivity index (χ3v) is 3.80. The smallest absolute Gasteiger partial charge is 0.273 e. The number of carbonyl (C=O) groups is 2. The van der Waals surface area contributed by atoms with E-state index < -0.39 is 11.8 Å². The van der Waals surface area contributed by atoms with Gasteiger partial charge in [-0.15, -0.1) is 0 Å². The van der Waals surface area contributed by atoms with Crippen molar-refractivity contribution in [2.45, 2.75) is 0 Å². The van der Waals surface area contributed by atoms with Gasteiger partial charge in [-0.25, -0.2) is 4.68 Å². The zero-order valence-corrected chi connectivity index (χ0v) is 14.5. The molecule has 0 spiro atoms. The fraction of sp³-hybridized carbons (Fsp3) is 0.0556. The number of hydrogen-bond donors (Lipinski definition) is 2. The number of methoxy groups -OCH3 is 1. The van der Waals surface area contributed by atoms with Gasteiger partial charge in [0.15, 0.2) is 0 Å².